The fourth-order valence-corrected chi connectivity index (χ4v) is 4.00. The number of pyridine rings is 1. The highest BCUT2D eigenvalue weighted by atomic mass is 16.5. The number of nitrogen functional groups attached to an aromatic ring is 1. The lowest BCUT2D eigenvalue weighted by Crippen LogP contribution is -2.76. The Balaban J connectivity index is 1.54. The van der Waals surface area contributed by atoms with Gasteiger partial charge in [-0.15, -0.1) is 0 Å². The topological polar surface area (TPSA) is 144 Å². The number of esters is 1. The molecule has 2 aromatic carbocycles. The Kier molecular flexibility index (Phi) is 7.89. The third-order valence-electron chi connectivity index (χ3n) is 5.98. The molecule has 0 saturated carbocycles. The van der Waals surface area contributed by atoms with E-state index in [9.17, 15) is 9.59 Å². The second-order valence-electron chi connectivity index (χ2n) is 8.43. The van der Waals surface area contributed by atoms with Crippen molar-refractivity contribution in [3.63, 3.8) is 0 Å². The summed E-state index contributed by atoms with van der Waals surface area (Å²) in [5, 5.41) is 9.57. The average molecular weight is 501 g/mol. The normalized spacial score (nSPS) is 10.9. The van der Waals surface area contributed by atoms with Crippen LogP contribution in [0.25, 0.3) is 11.0 Å². The molecule has 10 nitrogen and oxygen atoms in total. The summed E-state index contributed by atoms with van der Waals surface area (Å²) in [6.45, 7) is 2.78. The van der Waals surface area contributed by atoms with E-state index in [0.717, 1.165) is 17.0 Å². The zero-order chi connectivity index (χ0) is 26.4. The number of imidazole rings is 1. The molecular weight excluding hydrogens is 470 g/mol. The van der Waals surface area contributed by atoms with Gasteiger partial charge in [0.15, 0.2) is 5.82 Å². The fraction of sp³-hybridized carbons (Fsp3) is 0.222. The number of rotatable bonds is 10. The lowest BCUT2D eigenvalue weighted by Gasteiger charge is -2.21. The number of hydrogen-bond acceptors (Lipinski definition) is 6. The van der Waals surface area contributed by atoms with Crippen LogP contribution in [-0.4, -0.2) is 45.4 Å². The lowest BCUT2D eigenvalue weighted by molar-refractivity contribution is -0.590. The summed E-state index contributed by atoms with van der Waals surface area (Å²) in [5.74, 6) is 0.709. The summed E-state index contributed by atoms with van der Waals surface area (Å²) >= 11 is 0. The van der Waals surface area contributed by atoms with Gasteiger partial charge in [0.25, 0.3) is 5.91 Å². The van der Waals surface area contributed by atoms with Crippen molar-refractivity contribution in [2.24, 2.45) is 12.8 Å². The first kappa shape index (κ1) is 25.5. The van der Waals surface area contributed by atoms with Crippen LogP contribution in [0.4, 0.5) is 11.5 Å². The third-order valence-corrected chi connectivity index (χ3v) is 5.98. The number of benzene rings is 2. The van der Waals surface area contributed by atoms with Crippen molar-refractivity contribution in [3.05, 3.63) is 83.8 Å². The standard InChI is InChI=1S/C27H29N7O3/c1-3-37-25(35)13-15-34(23-6-4-5-14-30-23)27(36)19-9-12-22-21(16-19)32-24(33(22)2)17-31-20-10-7-18(8-11-20)26(28)29/h4-12,14,16,31H,3,13,15,17H2,1-2H3,(H3,28,29)/p+1. The molecular formula is C27H30N7O3+. The molecule has 4 aromatic rings. The van der Waals surface area contributed by atoms with Crippen molar-refractivity contribution in [1.82, 2.24) is 14.5 Å². The number of hydrogen-bond donors (Lipinski definition) is 3. The number of amides is 1. The maximum atomic E-state index is 13.5. The lowest BCUT2D eigenvalue weighted by atomic mass is 10.1. The third kappa shape index (κ3) is 5.99. The minimum atomic E-state index is -0.367. The Morgan fingerprint density at radius 2 is 1.86 bits per heavy atom. The molecule has 10 heteroatoms. The molecule has 0 atom stereocenters. The quantitative estimate of drug-likeness (QED) is 0.132. The van der Waals surface area contributed by atoms with Crippen LogP contribution in [0.15, 0.2) is 66.9 Å². The molecule has 0 aliphatic carbocycles. The van der Waals surface area contributed by atoms with Crippen LogP contribution in [0.5, 0.6) is 0 Å². The van der Waals surface area contributed by atoms with E-state index in [1.165, 1.54) is 4.90 Å². The Labute approximate surface area is 214 Å². The Morgan fingerprint density at radius 3 is 2.54 bits per heavy atom. The highest BCUT2D eigenvalue weighted by Gasteiger charge is 2.21. The van der Waals surface area contributed by atoms with Gasteiger partial charge in [-0.1, -0.05) is 6.07 Å². The van der Waals surface area contributed by atoms with Gasteiger partial charge in [0.2, 0.25) is 0 Å². The van der Waals surface area contributed by atoms with Gasteiger partial charge in [-0.3, -0.25) is 19.9 Å². The number of aromatic nitrogens is 3. The van der Waals surface area contributed by atoms with E-state index < -0.39 is 0 Å². The number of anilines is 1. The smallest absolute Gasteiger partial charge is 0.307 e. The molecule has 0 aliphatic heterocycles. The minimum Gasteiger partial charge on any atom is -0.466 e. The van der Waals surface area contributed by atoms with E-state index in [-0.39, 0.29) is 37.3 Å². The molecule has 0 fully saturated rings. The van der Waals surface area contributed by atoms with Gasteiger partial charge >= 0.3 is 5.97 Å². The highest BCUT2D eigenvalue weighted by Crippen LogP contribution is 2.20. The van der Waals surface area contributed by atoms with Gasteiger partial charge in [0, 0.05) is 30.9 Å². The Hall–Kier alpha value is -4.57. The number of aryl methyl sites for hydroxylation is 1. The number of nitrogens with two attached hydrogens (primary N) is 2. The van der Waals surface area contributed by atoms with Crippen molar-refractivity contribution in [1.29, 1.82) is 5.41 Å². The van der Waals surface area contributed by atoms with Crippen LogP contribution in [-0.2, 0) is 23.1 Å². The van der Waals surface area contributed by atoms with Crippen molar-refractivity contribution in [3.8, 4) is 0 Å². The predicted molar refractivity (Wildman–Crippen MR) is 141 cm³/mol. The SMILES string of the molecule is CCOC(=O)CCN(C(=O)c1ccc2c(c1)nc(C[NH2+]c1ccc(C(=N)N)cc1)n2C)c1ccccn1. The molecule has 2 aromatic heterocycles. The summed E-state index contributed by atoms with van der Waals surface area (Å²) in [4.78, 5) is 36.0. The van der Waals surface area contributed by atoms with E-state index in [0.29, 0.717) is 29.0 Å². The van der Waals surface area contributed by atoms with E-state index in [1.54, 1.807) is 43.5 Å². The molecule has 5 N–H and O–H groups in total. The number of ether oxygens (including phenoxy) is 1. The average Bonchev–Trinajstić information content (AvgIpc) is 3.23. The van der Waals surface area contributed by atoms with Crippen LogP contribution in [0.3, 0.4) is 0 Å². The predicted octanol–water partition coefficient (Wildman–Crippen LogP) is 2.25. The maximum Gasteiger partial charge on any atom is 0.307 e. The van der Waals surface area contributed by atoms with Gasteiger partial charge < -0.3 is 20.4 Å². The Morgan fingerprint density at radius 1 is 1.11 bits per heavy atom. The Bertz CT molecular complexity index is 1420. The molecule has 0 aliphatic rings. The number of quaternary nitrogens is 1. The molecule has 0 saturated heterocycles. The maximum absolute atomic E-state index is 13.5. The van der Waals surface area contributed by atoms with Crippen molar-refractivity contribution >= 4 is 40.3 Å². The van der Waals surface area contributed by atoms with Crippen LogP contribution < -0.4 is 16.0 Å². The number of carbonyl (C=O) groups is 2. The molecule has 0 unspecified atom stereocenters. The zero-order valence-corrected chi connectivity index (χ0v) is 20.8. The summed E-state index contributed by atoms with van der Waals surface area (Å²) in [6.07, 6.45) is 1.67. The molecule has 2 heterocycles. The number of nitrogens with zero attached hydrogens (tertiary/aromatic N) is 4. The summed E-state index contributed by atoms with van der Waals surface area (Å²) in [6, 6.07) is 18.2. The van der Waals surface area contributed by atoms with E-state index >= 15 is 0 Å². The second kappa shape index (κ2) is 11.4. The van der Waals surface area contributed by atoms with Crippen molar-refractivity contribution < 1.29 is 19.6 Å². The van der Waals surface area contributed by atoms with Crippen LogP contribution in [0.2, 0.25) is 0 Å². The number of fused-ring (bicyclic) bond motifs is 1. The first-order valence-corrected chi connectivity index (χ1v) is 12.0. The van der Waals surface area contributed by atoms with Crippen LogP contribution in [0.1, 0.15) is 35.1 Å². The van der Waals surface area contributed by atoms with E-state index in [2.05, 4.69) is 10.3 Å². The monoisotopic (exact) mass is 500 g/mol. The first-order valence-electron chi connectivity index (χ1n) is 12.0. The molecule has 190 valence electrons. The van der Waals surface area contributed by atoms with E-state index in [1.807, 2.05) is 41.9 Å². The number of carbonyl (C=O) groups excluding carboxylic acids is 2. The largest absolute Gasteiger partial charge is 0.466 e. The summed E-state index contributed by atoms with van der Waals surface area (Å²) in [5.41, 5.74) is 9.27. The van der Waals surface area contributed by atoms with Crippen LogP contribution >= 0.6 is 0 Å². The van der Waals surface area contributed by atoms with Crippen LogP contribution in [0, 0.1) is 5.41 Å². The molecule has 0 bridgehead atoms. The zero-order valence-electron chi connectivity index (χ0n) is 20.8. The number of nitrogens with one attached hydrogen (secondary N) is 1. The minimum absolute atomic E-state index is 0.0368. The molecule has 0 radical (unpaired) electrons. The highest BCUT2D eigenvalue weighted by molar-refractivity contribution is 6.07. The molecule has 0 spiro atoms. The number of amidine groups is 1. The molecule has 4 rings (SSSR count). The van der Waals surface area contributed by atoms with E-state index in [4.69, 9.17) is 20.9 Å². The van der Waals surface area contributed by atoms with Gasteiger partial charge in [-0.2, -0.15) is 0 Å². The van der Waals surface area contributed by atoms with Crippen molar-refractivity contribution in [2.45, 2.75) is 19.9 Å². The summed E-state index contributed by atoms with van der Waals surface area (Å²) < 4.78 is 7.03. The van der Waals surface area contributed by atoms with Crippen molar-refractivity contribution in [2.75, 3.05) is 18.1 Å². The van der Waals surface area contributed by atoms with Gasteiger partial charge in [0.05, 0.1) is 24.1 Å². The van der Waals surface area contributed by atoms with Gasteiger partial charge in [-0.05, 0) is 61.5 Å². The molecule has 37 heavy (non-hydrogen) atoms. The fourth-order valence-electron chi connectivity index (χ4n) is 4.00. The second-order valence-corrected chi connectivity index (χ2v) is 8.43. The molecule has 1 amide bonds. The summed E-state index contributed by atoms with van der Waals surface area (Å²) in [7, 11) is 1.94. The first-order chi connectivity index (χ1) is 17.9. The van der Waals surface area contributed by atoms with Gasteiger partial charge in [0.1, 0.15) is 23.9 Å². The van der Waals surface area contributed by atoms with Gasteiger partial charge in [-0.25, -0.2) is 9.97 Å².